The van der Waals surface area contributed by atoms with Gasteiger partial charge in [0.1, 0.15) is 23.2 Å². The summed E-state index contributed by atoms with van der Waals surface area (Å²) in [5.74, 6) is 0.764. The summed E-state index contributed by atoms with van der Waals surface area (Å²) in [5, 5.41) is 14.1. The van der Waals surface area contributed by atoms with E-state index in [-0.39, 0.29) is 17.1 Å². The van der Waals surface area contributed by atoms with E-state index in [0.717, 1.165) is 71.1 Å². The molecule has 14 nitrogen and oxygen atoms in total. The summed E-state index contributed by atoms with van der Waals surface area (Å²) in [5.41, 5.74) is 15.5. The molecular formula is C31H44N12O2. The first-order valence-electron chi connectivity index (χ1n) is 15.3. The highest BCUT2D eigenvalue weighted by atomic mass is 16.5. The van der Waals surface area contributed by atoms with Crippen LogP contribution in [0.2, 0.25) is 0 Å². The number of aryl methyl sites for hydroxylation is 1. The minimum Gasteiger partial charge on any atom is -0.401 e. The Morgan fingerprint density at radius 1 is 1.02 bits per heavy atom. The zero-order valence-electron chi connectivity index (χ0n) is 26.6. The van der Waals surface area contributed by atoms with Crippen molar-refractivity contribution in [1.82, 2.24) is 35.1 Å². The van der Waals surface area contributed by atoms with Gasteiger partial charge in [-0.15, -0.1) is 0 Å². The number of carbonyl (C=O) groups excluding carboxylic acids is 1. The molecule has 2 aromatic heterocycles. The third-order valence-electron chi connectivity index (χ3n) is 8.16. The molecule has 1 aromatic carbocycles. The van der Waals surface area contributed by atoms with E-state index < -0.39 is 5.91 Å². The van der Waals surface area contributed by atoms with Crippen LogP contribution in [0.3, 0.4) is 0 Å². The van der Waals surface area contributed by atoms with Crippen molar-refractivity contribution < 1.29 is 9.53 Å². The summed E-state index contributed by atoms with van der Waals surface area (Å²) < 4.78 is 5.46. The average molecular weight is 617 g/mol. The normalized spacial score (nSPS) is 17.0. The summed E-state index contributed by atoms with van der Waals surface area (Å²) in [7, 11) is 0. The molecule has 0 aliphatic carbocycles. The average Bonchev–Trinajstić information content (AvgIpc) is 3.01. The molecule has 0 spiro atoms. The lowest BCUT2D eigenvalue weighted by molar-refractivity contribution is 0.0331. The molecule has 0 radical (unpaired) electrons. The Balaban J connectivity index is 1.29. The molecule has 2 fully saturated rings. The van der Waals surface area contributed by atoms with Crippen LogP contribution in [0.15, 0.2) is 36.3 Å². The maximum Gasteiger partial charge on any atom is 0.256 e. The topological polar surface area (TPSA) is 188 Å². The van der Waals surface area contributed by atoms with Gasteiger partial charge in [0.2, 0.25) is 5.95 Å². The van der Waals surface area contributed by atoms with Crippen LogP contribution in [0, 0.1) is 17.7 Å². The van der Waals surface area contributed by atoms with Gasteiger partial charge in [0, 0.05) is 74.7 Å². The zero-order valence-corrected chi connectivity index (χ0v) is 26.6. The third-order valence-corrected chi connectivity index (χ3v) is 8.16. The van der Waals surface area contributed by atoms with Crippen molar-refractivity contribution in [2.45, 2.75) is 27.7 Å². The minimum atomic E-state index is -0.425. The lowest BCUT2D eigenvalue weighted by Crippen LogP contribution is -2.49. The van der Waals surface area contributed by atoms with E-state index in [1.54, 1.807) is 12.1 Å². The Labute approximate surface area is 263 Å². The fourth-order valence-corrected chi connectivity index (χ4v) is 5.10. The number of benzene rings is 1. The van der Waals surface area contributed by atoms with Gasteiger partial charge < -0.3 is 31.7 Å². The first kappa shape index (κ1) is 32.0. The largest absolute Gasteiger partial charge is 0.401 e. The van der Waals surface area contributed by atoms with Crippen LogP contribution in [0.1, 0.15) is 36.7 Å². The standard InChI is InChI=1S/C31H44N12O2/c1-20-5-6-21(29(44)38-24(33)18-23(32)31(2,3)4)17-22(20)37-28-26-25(35-19-36-28)27(34)40-30(39-26)43-11-9-41(10-12-43)7-8-42-13-15-45-16-14-42/h5-6,17-19H,7-16,32H2,1-4H3,(H2,33,38,44)(H2,34,39,40)(H,35,36,37). The second-order valence-electron chi connectivity index (χ2n) is 12.5. The number of rotatable bonds is 8. The molecule has 2 aliphatic heterocycles. The molecule has 3 aromatic rings. The summed E-state index contributed by atoms with van der Waals surface area (Å²) >= 11 is 0. The van der Waals surface area contributed by atoms with E-state index in [0.29, 0.717) is 39.7 Å². The molecule has 1 amide bonds. The highest BCUT2D eigenvalue weighted by molar-refractivity contribution is 6.09. The van der Waals surface area contributed by atoms with Crippen molar-refractivity contribution in [3.8, 4) is 0 Å². The Morgan fingerprint density at radius 2 is 1.71 bits per heavy atom. The number of allylic oxidation sites excluding steroid dienone is 1. The van der Waals surface area contributed by atoms with Crippen molar-refractivity contribution in [1.29, 1.82) is 5.41 Å². The number of ether oxygens (including phenoxy) is 1. The van der Waals surface area contributed by atoms with Crippen molar-refractivity contribution in [3.63, 3.8) is 0 Å². The molecule has 7 N–H and O–H groups in total. The summed E-state index contributed by atoms with van der Waals surface area (Å²) in [6.07, 6.45) is 2.88. The van der Waals surface area contributed by atoms with Crippen molar-refractivity contribution in [2.24, 2.45) is 11.1 Å². The first-order chi connectivity index (χ1) is 21.5. The van der Waals surface area contributed by atoms with Gasteiger partial charge in [-0.1, -0.05) is 26.8 Å². The third kappa shape index (κ3) is 8.01. The number of nitrogens with one attached hydrogen (secondary N) is 3. The Bertz CT molecular complexity index is 1570. The van der Waals surface area contributed by atoms with Crippen LogP contribution in [0.4, 0.5) is 23.3 Å². The van der Waals surface area contributed by atoms with Gasteiger partial charge in [0.15, 0.2) is 11.6 Å². The number of amides is 1. The number of fused-ring (bicyclic) bond motifs is 1. The molecule has 2 saturated heterocycles. The molecular weight excluding hydrogens is 572 g/mol. The van der Waals surface area contributed by atoms with E-state index in [9.17, 15) is 4.79 Å². The van der Waals surface area contributed by atoms with Gasteiger partial charge >= 0.3 is 0 Å². The molecule has 0 unspecified atom stereocenters. The molecule has 14 heteroatoms. The predicted octanol–water partition coefficient (Wildman–Crippen LogP) is 2.10. The maximum atomic E-state index is 13.0. The van der Waals surface area contributed by atoms with Crippen LogP contribution in [0.5, 0.6) is 0 Å². The highest BCUT2D eigenvalue weighted by Gasteiger charge is 2.23. The Morgan fingerprint density at radius 3 is 2.40 bits per heavy atom. The number of amidine groups is 1. The summed E-state index contributed by atoms with van der Waals surface area (Å²) in [4.78, 5) is 38.3. The highest BCUT2D eigenvalue weighted by Crippen LogP contribution is 2.28. The number of aromatic nitrogens is 4. The number of nitrogens with two attached hydrogens (primary N) is 2. The van der Waals surface area contributed by atoms with E-state index in [4.69, 9.17) is 26.6 Å². The molecule has 5 rings (SSSR count). The quantitative estimate of drug-likeness (QED) is 0.183. The summed E-state index contributed by atoms with van der Waals surface area (Å²) in [6, 6.07) is 5.25. The van der Waals surface area contributed by atoms with Crippen LogP contribution in [-0.4, -0.2) is 107 Å². The second-order valence-corrected chi connectivity index (χ2v) is 12.5. The summed E-state index contributed by atoms with van der Waals surface area (Å²) in [6.45, 7) is 16.8. The number of hydrogen-bond acceptors (Lipinski definition) is 13. The smallest absolute Gasteiger partial charge is 0.256 e. The van der Waals surface area contributed by atoms with E-state index in [2.05, 4.69) is 40.3 Å². The van der Waals surface area contributed by atoms with Crippen molar-refractivity contribution in [2.75, 3.05) is 81.5 Å². The Hall–Kier alpha value is -4.40. The number of hydrogen-bond donors (Lipinski definition) is 5. The molecule has 0 saturated carbocycles. The van der Waals surface area contributed by atoms with E-state index in [1.165, 1.54) is 12.4 Å². The number of nitrogens with zero attached hydrogens (tertiary/aromatic N) is 7. The maximum absolute atomic E-state index is 13.0. The fraction of sp³-hybridized carbons (Fsp3) is 0.484. The Kier molecular flexibility index (Phi) is 9.75. The number of morpholine rings is 1. The SMILES string of the molecule is Cc1ccc(C(=O)NC(=N)C=C(N)C(C)(C)C)cc1Nc1ncnc2c(N)nc(N3CCN(CCN4CCOCC4)CC3)nc12. The molecule has 2 aliphatic rings. The predicted molar refractivity (Wildman–Crippen MR) is 177 cm³/mol. The van der Waals surface area contributed by atoms with Crippen LogP contribution in [-0.2, 0) is 4.74 Å². The van der Waals surface area contributed by atoms with Gasteiger partial charge in [0.25, 0.3) is 5.91 Å². The van der Waals surface area contributed by atoms with Gasteiger partial charge in [-0.25, -0.2) is 15.0 Å². The second kappa shape index (κ2) is 13.7. The first-order valence-corrected chi connectivity index (χ1v) is 15.3. The molecule has 240 valence electrons. The van der Waals surface area contributed by atoms with Gasteiger partial charge in [-0.05, 0) is 30.7 Å². The van der Waals surface area contributed by atoms with Gasteiger partial charge in [-0.3, -0.25) is 20.0 Å². The minimum absolute atomic E-state index is 0.0815. The fourth-order valence-electron chi connectivity index (χ4n) is 5.10. The molecule has 45 heavy (non-hydrogen) atoms. The van der Waals surface area contributed by atoms with Crippen molar-refractivity contribution in [3.05, 3.63) is 47.4 Å². The number of piperazine rings is 1. The zero-order chi connectivity index (χ0) is 32.1. The van der Waals surface area contributed by atoms with Crippen molar-refractivity contribution >= 4 is 46.0 Å². The van der Waals surface area contributed by atoms with E-state index in [1.807, 2.05) is 33.8 Å². The molecule has 4 heterocycles. The number of anilines is 4. The van der Waals surface area contributed by atoms with Crippen LogP contribution >= 0.6 is 0 Å². The molecule has 0 atom stereocenters. The lowest BCUT2D eigenvalue weighted by atomic mass is 9.92. The monoisotopic (exact) mass is 616 g/mol. The molecule has 0 bridgehead atoms. The number of nitrogen functional groups attached to an aromatic ring is 1. The number of carbonyl (C=O) groups is 1. The van der Waals surface area contributed by atoms with Crippen LogP contribution in [0.25, 0.3) is 11.0 Å². The van der Waals surface area contributed by atoms with Gasteiger partial charge in [-0.2, -0.15) is 4.98 Å². The van der Waals surface area contributed by atoms with Gasteiger partial charge in [0.05, 0.1) is 13.2 Å². The van der Waals surface area contributed by atoms with Crippen LogP contribution < -0.4 is 27.0 Å². The van der Waals surface area contributed by atoms with E-state index >= 15 is 0 Å². The lowest BCUT2D eigenvalue weighted by Gasteiger charge is -2.36.